The maximum Gasteiger partial charge on any atom is 0.251 e. The van der Waals surface area contributed by atoms with E-state index in [9.17, 15) is 13.2 Å². The van der Waals surface area contributed by atoms with E-state index in [1.807, 2.05) is 34.6 Å². The van der Waals surface area contributed by atoms with Crippen molar-refractivity contribution in [3.8, 4) is 0 Å². The van der Waals surface area contributed by atoms with Gasteiger partial charge in [-0.2, -0.15) is 4.31 Å². The topological polar surface area (TPSA) is 75.7 Å². The highest BCUT2D eigenvalue weighted by atomic mass is 32.2. The van der Waals surface area contributed by atoms with E-state index in [1.54, 1.807) is 12.1 Å². The summed E-state index contributed by atoms with van der Waals surface area (Å²) in [7, 11) is -3.58. The maximum atomic E-state index is 12.8. The molecule has 0 radical (unpaired) electrons. The standard InChI is InChI=1S/C17H26N2O4S/c1-12-10-19(11-13(2)23-12)24(21,22)15-8-6-14(7-9-15)16(20)18-17(3,4)5/h6-9,12-13H,10-11H2,1-5H3,(H,18,20)/t12-,13-/m0/s1. The van der Waals surface area contributed by atoms with Crippen molar-refractivity contribution in [1.29, 1.82) is 0 Å². The SMILES string of the molecule is C[C@H]1CN(S(=O)(=O)c2ccc(C(=O)NC(C)(C)C)cc2)C[C@H](C)O1. The van der Waals surface area contributed by atoms with Crippen LogP contribution in [0.1, 0.15) is 45.0 Å². The summed E-state index contributed by atoms with van der Waals surface area (Å²) in [6, 6.07) is 6.05. The lowest BCUT2D eigenvalue weighted by Gasteiger charge is -2.34. The van der Waals surface area contributed by atoms with Gasteiger partial charge in [0.1, 0.15) is 0 Å². The third-order valence-electron chi connectivity index (χ3n) is 3.63. The van der Waals surface area contributed by atoms with Gasteiger partial charge in [0.05, 0.1) is 17.1 Å². The Morgan fingerprint density at radius 1 is 1.12 bits per heavy atom. The minimum absolute atomic E-state index is 0.139. The van der Waals surface area contributed by atoms with E-state index in [-0.39, 0.29) is 28.5 Å². The van der Waals surface area contributed by atoms with Crippen molar-refractivity contribution in [1.82, 2.24) is 9.62 Å². The third-order valence-corrected chi connectivity index (χ3v) is 5.47. The Labute approximate surface area is 144 Å². The minimum atomic E-state index is -3.58. The number of sulfonamides is 1. The molecule has 1 amide bonds. The van der Waals surface area contributed by atoms with E-state index >= 15 is 0 Å². The van der Waals surface area contributed by atoms with Crippen molar-refractivity contribution < 1.29 is 17.9 Å². The normalized spacial score (nSPS) is 23.0. The Hall–Kier alpha value is -1.44. The number of ether oxygens (including phenoxy) is 1. The van der Waals surface area contributed by atoms with Gasteiger partial charge in [-0.15, -0.1) is 0 Å². The van der Waals surface area contributed by atoms with Gasteiger partial charge in [0, 0.05) is 24.2 Å². The van der Waals surface area contributed by atoms with Gasteiger partial charge in [-0.1, -0.05) is 0 Å². The first kappa shape index (κ1) is 18.9. The lowest BCUT2D eigenvalue weighted by molar-refractivity contribution is -0.0440. The van der Waals surface area contributed by atoms with Crippen LogP contribution in [0.4, 0.5) is 0 Å². The zero-order chi connectivity index (χ0) is 18.1. The van der Waals surface area contributed by atoms with Crippen LogP contribution in [0.25, 0.3) is 0 Å². The number of nitrogens with zero attached hydrogens (tertiary/aromatic N) is 1. The number of benzene rings is 1. The van der Waals surface area contributed by atoms with E-state index in [2.05, 4.69) is 5.32 Å². The Balaban J connectivity index is 2.19. The molecule has 1 aromatic rings. The second-order valence-corrected chi connectivity index (χ2v) is 9.25. The predicted molar refractivity (Wildman–Crippen MR) is 92.4 cm³/mol. The first-order chi connectivity index (χ1) is 11.0. The van der Waals surface area contributed by atoms with E-state index in [0.29, 0.717) is 18.7 Å². The molecule has 0 saturated carbocycles. The summed E-state index contributed by atoms with van der Waals surface area (Å²) < 4.78 is 32.5. The number of carbonyl (C=O) groups is 1. The Morgan fingerprint density at radius 2 is 1.62 bits per heavy atom. The summed E-state index contributed by atoms with van der Waals surface area (Å²) in [4.78, 5) is 12.3. The Bertz CT molecular complexity index is 682. The predicted octanol–water partition coefficient (Wildman–Crippen LogP) is 2.01. The van der Waals surface area contributed by atoms with Crippen molar-refractivity contribution >= 4 is 15.9 Å². The monoisotopic (exact) mass is 354 g/mol. The largest absolute Gasteiger partial charge is 0.373 e. The molecule has 1 saturated heterocycles. The molecule has 24 heavy (non-hydrogen) atoms. The van der Waals surface area contributed by atoms with Crippen LogP contribution >= 0.6 is 0 Å². The molecule has 6 nitrogen and oxygen atoms in total. The van der Waals surface area contributed by atoms with Crippen molar-refractivity contribution in [2.75, 3.05) is 13.1 Å². The molecule has 2 rings (SSSR count). The van der Waals surface area contributed by atoms with Crippen LogP contribution in [0.5, 0.6) is 0 Å². The first-order valence-electron chi connectivity index (χ1n) is 8.07. The number of morpholine rings is 1. The quantitative estimate of drug-likeness (QED) is 0.901. The number of hydrogen-bond donors (Lipinski definition) is 1. The van der Waals surface area contributed by atoms with Crippen molar-refractivity contribution in [3.05, 3.63) is 29.8 Å². The molecule has 0 aromatic heterocycles. The first-order valence-corrected chi connectivity index (χ1v) is 9.51. The minimum Gasteiger partial charge on any atom is -0.373 e. The summed E-state index contributed by atoms with van der Waals surface area (Å²) in [5.41, 5.74) is 0.0923. The van der Waals surface area contributed by atoms with Gasteiger partial charge in [-0.3, -0.25) is 4.79 Å². The van der Waals surface area contributed by atoms with Crippen LogP contribution in [0, 0.1) is 0 Å². The highest BCUT2D eigenvalue weighted by Gasteiger charge is 2.32. The lowest BCUT2D eigenvalue weighted by Crippen LogP contribution is -2.48. The molecule has 1 heterocycles. The van der Waals surface area contributed by atoms with E-state index in [4.69, 9.17) is 4.74 Å². The van der Waals surface area contributed by atoms with Gasteiger partial charge in [0.2, 0.25) is 10.0 Å². The zero-order valence-electron chi connectivity index (χ0n) is 14.9. The van der Waals surface area contributed by atoms with Gasteiger partial charge < -0.3 is 10.1 Å². The average Bonchev–Trinajstić information content (AvgIpc) is 2.44. The molecular weight excluding hydrogens is 328 g/mol. The van der Waals surface area contributed by atoms with Gasteiger partial charge >= 0.3 is 0 Å². The molecule has 134 valence electrons. The fourth-order valence-corrected chi connectivity index (χ4v) is 4.26. The highest BCUT2D eigenvalue weighted by molar-refractivity contribution is 7.89. The molecule has 1 aliphatic heterocycles. The number of amides is 1. The molecule has 0 unspecified atom stereocenters. The van der Waals surface area contributed by atoms with Crippen molar-refractivity contribution in [2.24, 2.45) is 0 Å². The second kappa shape index (κ2) is 6.82. The molecule has 0 bridgehead atoms. The van der Waals surface area contributed by atoms with Gasteiger partial charge in [-0.05, 0) is 58.9 Å². The highest BCUT2D eigenvalue weighted by Crippen LogP contribution is 2.21. The Kier molecular flexibility index (Phi) is 5.37. The summed E-state index contributed by atoms with van der Waals surface area (Å²) in [5, 5.41) is 2.85. The van der Waals surface area contributed by atoms with Crippen LogP contribution in [0.15, 0.2) is 29.2 Å². The van der Waals surface area contributed by atoms with Crippen LogP contribution in [0.2, 0.25) is 0 Å². The summed E-state index contributed by atoms with van der Waals surface area (Å²) >= 11 is 0. The molecule has 1 aromatic carbocycles. The van der Waals surface area contributed by atoms with Crippen molar-refractivity contribution in [3.63, 3.8) is 0 Å². The smallest absolute Gasteiger partial charge is 0.251 e. The summed E-state index contributed by atoms with van der Waals surface area (Å²) in [5.74, 6) is -0.222. The fraction of sp³-hybridized carbons (Fsp3) is 0.588. The lowest BCUT2D eigenvalue weighted by atomic mass is 10.1. The van der Waals surface area contributed by atoms with Crippen LogP contribution in [-0.4, -0.2) is 49.5 Å². The Morgan fingerprint density at radius 3 is 2.08 bits per heavy atom. The third kappa shape index (κ3) is 4.55. The average molecular weight is 354 g/mol. The molecule has 0 aliphatic carbocycles. The van der Waals surface area contributed by atoms with Crippen LogP contribution in [-0.2, 0) is 14.8 Å². The van der Waals surface area contributed by atoms with Gasteiger partial charge in [-0.25, -0.2) is 8.42 Å². The number of hydrogen-bond acceptors (Lipinski definition) is 4. The number of nitrogens with one attached hydrogen (secondary N) is 1. The molecule has 1 aliphatic rings. The van der Waals surface area contributed by atoms with E-state index < -0.39 is 10.0 Å². The summed E-state index contributed by atoms with van der Waals surface area (Å²) in [6.45, 7) is 10.1. The van der Waals surface area contributed by atoms with Gasteiger partial charge in [0.25, 0.3) is 5.91 Å². The fourth-order valence-electron chi connectivity index (χ4n) is 2.67. The zero-order valence-corrected chi connectivity index (χ0v) is 15.7. The molecule has 1 N–H and O–H groups in total. The summed E-state index contributed by atoms with van der Waals surface area (Å²) in [6.07, 6.45) is -0.277. The molecule has 7 heteroatoms. The van der Waals surface area contributed by atoms with Crippen molar-refractivity contribution in [2.45, 2.75) is 57.3 Å². The van der Waals surface area contributed by atoms with Gasteiger partial charge in [0.15, 0.2) is 0 Å². The molecule has 0 spiro atoms. The number of rotatable bonds is 3. The van der Waals surface area contributed by atoms with Crippen LogP contribution in [0.3, 0.4) is 0 Å². The maximum absolute atomic E-state index is 12.8. The second-order valence-electron chi connectivity index (χ2n) is 7.31. The molecule has 2 atom stereocenters. The van der Waals surface area contributed by atoms with E-state index in [1.165, 1.54) is 16.4 Å². The molecular formula is C17H26N2O4S. The number of carbonyl (C=O) groups excluding carboxylic acids is 1. The van der Waals surface area contributed by atoms with Crippen LogP contribution < -0.4 is 5.32 Å². The van der Waals surface area contributed by atoms with E-state index in [0.717, 1.165) is 0 Å². The molecule has 1 fully saturated rings.